The third kappa shape index (κ3) is 3.16. The summed E-state index contributed by atoms with van der Waals surface area (Å²) < 4.78 is 5.45. The van der Waals surface area contributed by atoms with Gasteiger partial charge in [-0.25, -0.2) is 4.99 Å². The Bertz CT molecular complexity index is 498. The smallest absolute Gasteiger partial charge is 0.227 e. The van der Waals surface area contributed by atoms with E-state index >= 15 is 0 Å². The maximum Gasteiger partial charge on any atom is 0.227 e. The van der Waals surface area contributed by atoms with Crippen molar-refractivity contribution in [2.24, 2.45) is 10.9 Å². The molecule has 1 aliphatic heterocycles. The maximum absolute atomic E-state index is 10.0. The third-order valence-electron chi connectivity index (χ3n) is 3.24. The number of rotatable bonds is 2. The van der Waals surface area contributed by atoms with Gasteiger partial charge in [0.2, 0.25) is 6.29 Å². The number of hydrogen-bond donors (Lipinski definition) is 1. The van der Waals surface area contributed by atoms with Crippen molar-refractivity contribution >= 4 is 11.6 Å². The summed E-state index contributed by atoms with van der Waals surface area (Å²) in [5.41, 5.74) is 2.88. The molecule has 3 nitrogen and oxygen atoms in total. The van der Waals surface area contributed by atoms with Crippen LogP contribution >= 0.6 is 0 Å². The van der Waals surface area contributed by atoms with Crippen molar-refractivity contribution in [1.82, 2.24) is 0 Å². The first-order valence-electron chi connectivity index (χ1n) is 6.84. The van der Waals surface area contributed by atoms with E-state index in [0.29, 0.717) is 11.8 Å². The number of ether oxygens (including phenoxy) is 1. The lowest BCUT2D eigenvalue weighted by atomic mass is 9.86. The number of benzene rings is 1. The highest BCUT2D eigenvalue weighted by Gasteiger charge is 2.24. The summed E-state index contributed by atoms with van der Waals surface area (Å²) in [5, 5.41) is 10.0. The molecule has 1 heterocycles. The first-order chi connectivity index (χ1) is 8.77. The van der Waals surface area contributed by atoms with Crippen LogP contribution in [0.1, 0.15) is 58.5 Å². The Labute approximate surface area is 115 Å². The molecular weight excluding hydrogens is 238 g/mol. The zero-order chi connectivity index (χ0) is 14.2. The minimum Gasteiger partial charge on any atom is -0.447 e. The molecule has 0 spiro atoms. The van der Waals surface area contributed by atoms with E-state index < -0.39 is 6.29 Å². The van der Waals surface area contributed by atoms with Crippen LogP contribution in [0.15, 0.2) is 23.2 Å². The molecule has 1 atom stereocenters. The molecule has 2 rings (SSSR count). The van der Waals surface area contributed by atoms with Crippen LogP contribution in [0.4, 0.5) is 5.69 Å². The van der Waals surface area contributed by atoms with E-state index in [1.807, 2.05) is 12.1 Å². The molecule has 0 aliphatic carbocycles. The lowest BCUT2D eigenvalue weighted by molar-refractivity contribution is -0.0349. The fraction of sp³-hybridized carbons (Fsp3) is 0.562. The number of fused-ring (bicyclic) bond motifs is 1. The number of aliphatic hydroxyl groups excluding tert-OH is 1. The van der Waals surface area contributed by atoms with E-state index in [9.17, 15) is 5.11 Å². The Morgan fingerprint density at radius 3 is 2.58 bits per heavy atom. The summed E-state index contributed by atoms with van der Waals surface area (Å²) in [4.78, 5) is 4.54. The molecule has 1 aromatic rings. The highest BCUT2D eigenvalue weighted by molar-refractivity contribution is 5.82. The van der Waals surface area contributed by atoms with Gasteiger partial charge in [0.1, 0.15) is 0 Å². The topological polar surface area (TPSA) is 41.8 Å². The van der Waals surface area contributed by atoms with Crippen LogP contribution in [-0.2, 0) is 10.2 Å². The van der Waals surface area contributed by atoms with Gasteiger partial charge in [-0.05, 0) is 23.0 Å². The minimum absolute atomic E-state index is 0.0754. The second kappa shape index (κ2) is 4.97. The molecule has 1 unspecified atom stereocenters. The van der Waals surface area contributed by atoms with Gasteiger partial charge in [-0.3, -0.25) is 0 Å². The van der Waals surface area contributed by atoms with Crippen molar-refractivity contribution < 1.29 is 9.84 Å². The molecule has 3 heteroatoms. The molecule has 0 fully saturated rings. The number of hydrogen-bond acceptors (Lipinski definition) is 3. The Kier molecular flexibility index (Phi) is 3.68. The number of nitrogens with zero attached hydrogens (tertiary/aromatic N) is 1. The standard InChI is InChI=1S/C16H23NO2/c1-10(2)8-14-17-13-9-11(16(3,4)5)6-7-12(13)15(18)19-14/h6-7,9-10,15,18H,8H2,1-5H3. The predicted octanol–water partition coefficient (Wildman–Crippen LogP) is 4.08. The van der Waals surface area contributed by atoms with Gasteiger partial charge < -0.3 is 9.84 Å². The zero-order valence-corrected chi connectivity index (χ0v) is 12.4. The fourth-order valence-corrected chi connectivity index (χ4v) is 2.11. The monoisotopic (exact) mass is 261 g/mol. The summed E-state index contributed by atoms with van der Waals surface area (Å²) in [7, 11) is 0. The van der Waals surface area contributed by atoms with E-state index in [-0.39, 0.29) is 5.41 Å². The van der Waals surface area contributed by atoms with Crippen molar-refractivity contribution in [3.8, 4) is 0 Å². The molecule has 19 heavy (non-hydrogen) atoms. The Balaban J connectivity index is 2.40. The largest absolute Gasteiger partial charge is 0.447 e. The molecule has 1 N–H and O–H groups in total. The van der Waals surface area contributed by atoms with Gasteiger partial charge >= 0.3 is 0 Å². The molecule has 0 radical (unpaired) electrons. The third-order valence-corrected chi connectivity index (χ3v) is 3.24. The van der Waals surface area contributed by atoms with Crippen LogP contribution in [0.3, 0.4) is 0 Å². The highest BCUT2D eigenvalue weighted by Crippen LogP contribution is 2.36. The van der Waals surface area contributed by atoms with E-state index in [4.69, 9.17) is 4.74 Å². The SMILES string of the molecule is CC(C)CC1=Nc2cc(C(C)(C)C)ccc2C(O)O1. The van der Waals surface area contributed by atoms with Gasteiger partial charge in [-0.2, -0.15) is 0 Å². The predicted molar refractivity (Wildman–Crippen MR) is 77.7 cm³/mol. The molecule has 0 saturated heterocycles. The molecule has 0 amide bonds. The van der Waals surface area contributed by atoms with Gasteiger partial charge in [0.15, 0.2) is 5.90 Å². The summed E-state index contributed by atoms with van der Waals surface area (Å²) >= 11 is 0. The summed E-state index contributed by atoms with van der Waals surface area (Å²) in [6.07, 6.45) is -0.147. The molecule has 1 aromatic carbocycles. The van der Waals surface area contributed by atoms with Crippen LogP contribution in [0.5, 0.6) is 0 Å². The van der Waals surface area contributed by atoms with Crippen LogP contribution in [0.2, 0.25) is 0 Å². The Morgan fingerprint density at radius 1 is 1.32 bits per heavy atom. The summed E-state index contributed by atoms with van der Waals surface area (Å²) in [6, 6.07) is 6.01. The van der Waals surface area contributed by atoms with Crippen molar-refractivity contribution in [3.63, 3.8) is 0 Å². The molecule has 1 aliphatic rings. The molecule has 104 valence electrons. The average Bonchev–Trinajstić information content (AvgIpc) is 2.26. The van der Waals surface area contributed by atoms with Gasteiger partial charge in [0.05, 0.1) is 5.69 Å². The Hall–Kier alpha value is -1.35. The van der Waals surface area contributed by atoms with Crippen molar-refractivity contribution in [1.29, 1.82) is 0 Å². The second-order valence-corrected chi connectivity index (χ2v) is 6.60. The molecule has 0 bridgehead atoms. The van der Waals surface area contributed by atoms with Crippen LogP contribution in [-0.4, -0.2) is 11.0 Å². The van der Waals surface area contributed by atoms with Crippen LogP contribution in [0.25, 0.3) is 0 Å². The maximum atomic E-state index is 10.0. The highest BCUT2D eigenvalue weighted by atomic mass is 16.6. The minimum atomic E-state index is -0.893. The van der Waals surface area contributed by atoms with Gasteiger partial charge in [-0.15, -0.1) is 0 Å². The summed E-state index contributed by atoms with van der Waals surface area (Å²) in [6.45, 7) is 10.7. The van der Waals surface area contributed by atoms with Crippen molar-refractivity contribution in [3.05, 3.63) is 29.3 Å². The van der Waals surface area contributed by atoms with Gasteiger partial charge in [0, 0.05) is 12.0 Å². The lowest BCUT2D eigenvalue weighted by Gasteiger charge is -2.25. The van der Waals surface area contributed by atoms with Crippen LogP contribution in [0, 0.1) is 5.92 Å². The summed E-state index contributed by atoms with van der Waals surface area (Å²) in [5.74, 6) is 1.08. The van der Waals surface area contributed by atoms with Crippen LogP contribution < -0.4 is 0 Å². The lowest BCUT2D eigenvalue weighted by Crippen LogP contribution is -2.18. The first-order valence-corrected chi connectivity index (χ1v) is 6.84. The molecule has 0 saturated carbocycles. The van der Waals surface area contributed by atoms with E-state index in [1.54, 1.807) is 0 Å². The van der Waals surface area contributed by atoms with E-state index in [2.05, 4.69) is 45.7 Å². The normalized spacial score (nSPS) is 18.9. The van der Waals surface area contributed by atoms with Crippen molar-refractivity contribution in [2.75, 3.05) is 0 Å². The zero-order valence-electron chi connectivity index (χ0n) is 12.4. The average molecular weight is 261 g/mol. The number of aliphatic hydroxyl groups is 1. The first kappa shape index (κ1) is 14.1. The van der Waals surface area contributed by atoms with Gasteiger partial charge in [-0.1, -0.05) is 46.8 Å². The van der Waals surface area contributed by atoms with E-state index in [0.717, 1.165) is 17.7 Å². The molecule has 0 aromatic heterocycles. The second-order valence-electron chi connectivity index (χ2n) is 6.60. The quantitative estimate of drug-likeness (QED) is 0.871. The molecular formula is C16H23NO2. The fourth-order valence-electron chi connectivity index (χ4n) is 2.11. The Morgan fingerprint density at radius 2 is 2.00 bits per heavy atom. The van der Waals surface area contributed by atoms with Crippen molar-refractivity contribution in [2.45, 2.75) is 52.7 Å². The number of aliphatic imine (C=N–C) groups is 1. The van der Waals surface area contributed by atoms with Gasteiger partial charge in [0.25, 0.3) is 0 Å². The van der Waals surface area contributed by atoms with E-state index in [1.165, 1.54) is 5.56 Å².